The molecule has 202 valence electrons. The predicted molar refractivity (Wildman–Crippen MR) is 140 cm³/mol. The van der Waals surface area contributed by atoms with Crippen LogP contribution in [0.25, 0.3) is 10.9 Å². The third-order valence-corrected chi connectivity index (χ3v) is 6.67. The molecule has 3 aromatic rings. The Morgan fingerprint density at radius 2 is 1.86 bits per heavy atom. The third-order valence-electron chi connectivity index (χ3n) is 6.67. The normalized spacial score (nSPS) is 19.1. The van der Waals surface area contributed by atoms with Crippen LogP contribution in [0.15, 0.2) is 36.5 Å². The number of nitrogens with zero attached hydrogens (tertiary/aromatic N) is 2. The van der Waals surface area contributed by atoms with E-state index in [-0.39, 0.29) is 42.9 Å². The molecule has 2 atom stereocenters. The summed E-state index contributed by atoms with van der Waals surface area (Å²) in [6, 6.07) is 8.31. The lowest BCUT2D eigenvalue weighted by Crippen LogP contribution is -2.51. The monoisotopic (exact) mass is 559 g/mol. The van der Waals surface area contributed by atoms with E-state index in [1.54, 1.807) is 6.07 Å². The van der Waals surface area contributed by atoms with Crippen molar-refractivity contribution in [1.82, 2.24) is 15.2 Å². The molecule has 0 saturated carbocycles. The van der Waals surface area contributed by atoms with Crippen molar-refractivity contribution < 1.29 is 27.4 Å². The first kappa shape index (κ1) is 29.1. The predicted octanol–water partition coefficient (Wildman–Crippen LogP) is 4.88. The number of methoxy groups -OCH3 is 1. The van der Waals surface area contributed by atoms with Crippen LogP contribution in [0.5, 0.6) is 17.2 Å². The van der Waals surface area contributed by atoms with Gasteiger partial charge in [0.25, 0.3) is 0 Å². The maximum absolute atomic E-state index is 15.0. The van der Waals surface area contributed by atoms with E-state index in [1.807, 2.05) is 23.1 Å². The Labute approximate surface area is 226 Å². The van der Waals surface area contributed by atoms with Crippen LogP contribution in [0, 0.1) is 11.6 Å². The van der Waals surface area contributed by atoms with Crippen molar-refractivity contribution in [3.05, 3.63) is 59.3 Å². The van der Waals surface area contributed by atoms with E-state index in [0.29, 0.717) is 62.4 Å². The van der Waals surface area contributed by atoms with Gasteiger partial charge >= 0.3 is 0 Å². The van der Waals surface area contributed by atoms with Crippen molar-refractivity contribution in [3.63, 3.8) is 0 Å². The molecule has 37 heavy (non-hydrogen) atoms. The zero-order chi connectivity index (χ0) is 24.4. The summed E-state index contributed by atoms with van der Waals surface area (Å²) >= 11 is 0. The number of halogens is 5. The highest BCUT2D eigenvalue weighted by atomic mass is 35.5. The van der Waals surface area contributed by atoms with E-state index < -0.39 is 17.8 Å². The fraction of sp³-hybridized carbons (Fsp3) is 0.423. The maximum Gasteiger partial charge on any atom is 0.161 e. The molecule has 0 spiro atoms. The number of hydrogen-bond donors (Lipinski definition) is 1. The van der Waals surface area contributed by atoms with Gasteiger partial charge in [0.2, 0.25) is 0 Å². The molecule has 11 heteroatoms. The molecule has 5 rings (SSSR count). The van der Waals surface area contributed by atoms with E-state index in [1.165, 1.54) is 13.2 Å². The first-order valence-corrected chi connectivity index (χ1v) is 11.8. The van der Waals surface area contributed by atoms with Crippen LogP contribution in [0.3, 0.4) is 0 Å². The third kappa shape index (κ3) is 6.52. The second-order valence-corrected chi connectivity index (χ2v) is 8.91. The molecule has 1 fully saturated rings. The number of pyridine rings is 1. The van der Waals surface area contributed by atoms with Crippen LogP contribution in [0.4, 0.5) is 13.2 Å². The topological polar surface area (TPSA) is 55.9 Å². The molecule has 0 amide bonds. The lowest BCUT2D eigenvalue weighted by atomic mass is 10.0. The summed E-state index contributed by atoms with van der Waals surface area (Å²) in [6.45, 7) is 2.99. The van der Waals surface area contributed by atoms with Gasteiger partial charge in [-0.15, -0.1) is 24.8 Å². The van der Waals surface area contributed by atoms with Gasteiger partial charge in [0, 0.05) is 42.7 Å². The van der Waals surface area contributed by atoms with E-state index in [2.05, 4.69) is 10.3 Å². The SMILES string of the molecule is COc1cc(F)c2ncc(F)c(CCN3CC[C@@H](NCc4ccc5c(c4)OCCO5)[C@@H](F)C3)c2c1.Cl.Cl. The Hall–Kier alpha value is -2.46. The number of ether oxygens (including phenoxy) is 3. The Morgan fingerprint density at radius 1 is 1.08 bits per heavy atom. The Balaban J connectivity index is 0.00000190. The number of hydrogen-bond acceptors (Lipinski definition) is 6. The minimum absolute atomic E-state index is 0. The van der Waals surface area contributed by atoms with Crippen LogP contribution in [-0.4, -0.2) is 62.1 Å². The largest absolute Gasteiger partial charge is 0.497 e. The first-order chi connectivity index (χ1) is 17.0. The summed E-state index contributed by atoms with van der Waals surface area (Å²) in [5, 5.41) is 3.70. The lowest BCUT2D eigenvalue weighted by Gasteiger charge is -2.35. The van der Waals surface area contributed by atoms with E-state index >= 15 is 0 Å². The zero-order valence-electron chi connectivity index (χ0n) is 20.3. The number of alkyl halides is 1. The fourth-order valence-corrected chi connectivity index (χ4v) is 4.75. The number of fused-ring (bicyclic) bond motifs is 2. The van der Waals surface area contributed by atoms with Crippen LogP contribution >= 0.6 is 24.8 Å². The Kier molecular flexibility index (Phi) is 10.1. The van der Waals surface area contributed by atoms with Gasteiger partial charge in [-0.05, 0) is 43.1 Å². The van der Waals surface area contributed by atoms with E-state index in [4.69, 9.17) is 14.2 Å². The molecule has 6 nitrogen and oxygen atoms in total. The standard InChI is InChI=1S/C26H28F3N3O3.2ClH/c1-33-17-11-19-18(21(28)14-31-26(19)20(27)12-17)4-6-32-7-5-23(22(29)15-32)30-13-16-2-3-24-25(10-16)35-9-8-34-24;;/h2-3,10-12,14,22-23,30H,4-9,13,15H2,1H3;2*1H/t22-,23+;;/m0../s1. The quantitative estimate of drug-likeness (QED) is 0.445. The molecule has 0 bridgehead atoms. The van der Waals surface area contributed by atoms with Gasteiger partial charge in [-0.3, -0.25) is 9.88 Å². The Morgan fingerprint density at radius 3 is 2.62 bits per heavy atom. The fourth-order valence-electron chi connectivity index (χ4n) is 4.75. The number of benzene rings is 2. The molecule has 0 aliphatic carbocycles. The van der Waals surface area contributed by atoms with Gasteiger partial charge < -0.3 is 19.5 Å². The van der Waals surface area contributed by atoms with Gasteiger partial charge in [0.1, 0.15) is 36.5 Å². The van der Waals surface area contributed by atoms with E-state index in [0.717, 1.165) is 23.3 Å². The minimum atomic E-state index is -1.06. The van der Waals surface area contributed by atoms with Crippen molar-refractivity contribution in [1.29, 1.82) is 0 Å². The lowest BCUT2D eigenvalue weighted by molar-refractivity contribution is 0.104. The molecule has 0 unspecified atom stereocenters. The minimum Gasteiger partial charge on any atom is -0.497 e. The highest BCUT2D eigenvalue weighted by Gasteiger charge is 2.29. The summed E-state index contributed by atoms with van der Waals surface area (Å²) in [7, 11) is 1.43. The molecular weight excluding hydrogens is 530 g/mol. The van der Waals surface area contributed by atoms with Gasteiger partial charge in [-0.2, -0.15) is 0 Å². The van der Waals surface area contributed by atoms with Crippen LogP contribution < -0.4 is 19.5 Å². The maximum atomic E-state index is 15.0. The van der Waals surface area contributed by atoms with E-state index in [9.17, 15) is 13.2 Å². The average molecular weight is 560 g/mol. The summed E-state index contributed by atoms with van der Waals surface area (Å²) in [5.41, 5.74) is 1.47. The van der Waals surface area contributed by atoms with Crippen LogP contribution in [0.1, 0.15) is 17.5 Å². The highest BCUT2D eigenvalue weighted by molar-refractivity contribution is 5.86. The molecule has 3 heterocycles. The van der Waals surface area contributed by atoms with Crippen molar-refractivity contribution in [2.45, 2.75) is 31.6 Å². The zero-order valence-corrected chi connectivity index (χ0v) is 22.0. The van der Waals surface area contributed by atoms with Crippen molar-refractivity contribution in [2.24, 2.45) is 0 Å². The summed E-state index contributed by atoms with van der Waals surface area (Å²) in [6.07, 6.45) is 0.935. The number of piperidine rings is 1. The molecular formula is C26H30Cl2F3N3O3. The summed E-state index contributed by atoms with van der Waals surface area (Å²) in [5.74, 6) is 0.691. The van der Waals surface area contributed by atoms with Gasteiger partial charge in [0.15, 0.2) is 17.3 Å². The van der Waals surface area contributed by atoms with Gasteiger partial charge in [-0.25, -0.2) is 13.2 Å². The first-order valence-electron chi connectivity index (χ1n) is 11.8. The number of likely N-dealkylation sites (tertiary alicyclic amines) is 1. The smallest absolute Gasteiger partial charge is 0.161 e. The second kappa shape index (κ2) is 12.9. The number of rotatable bonds is 7. The number of aromatic nitrogens is 1. The molecule has 1 saturated heterocycles. The van der Waals surface area contributed by atoms with Crippen LogP contribution in [-0.2, 0) is 13.0 Å². The van der Waals surface area contributed by atoms with Crippen LogP contribution in [0.2, 0.25) is 0 Å². The average Bonchev–Trinajstić information content (AvgIpc) is 2.87. The summed E-state index contributed by atoms with van der Waals surface area (Å²) < 4.78 is 60.2. The molecule has 2 aliphatic rings. The molecule has 2 aliphatic heterocycles. The summed E-state index contributed by atoms with van der Waals surface area (Å²) in [4.78, 5) is 5.88. The van der Waals surface area contributed by atoms with Crippen molar-refractivity contribution >= 4 is 35.7 Å². The van der Waals surface area contributed by atoms with Gasteiger partial charge in [0.05, 0.1) is 13.3 Å². The number of nitrogens with one attached hydrogen (secondary N) is 1. The molecule has 2 aromatic carbocycles. The van der Waals surface area contributed by atoms with Crippen molar-refractivity contribution in [2.75, 3.05) is 40.0 Å². The Bertz CT molecular complexity index is 1220. The molecule has 1 aromatic heterocycles. The second-order valence-electron chi connectivity index (χ2n) is 8.91. The van der Waals surface area contributed by atoms with Gasteiger partial charge in [-0.1, -0.05) is 6.07 Å². The molecule has 1 N–H and O–H groups in total. The molecule has 0 radical (unpaired) electrons. The highest BCUT2D eigenvalue weighted by Crippen LogP contribution is 2.31. The van der Waals surface area contributed by atoms with Crippen molar-refractivity contribution in [3.8, 4) is 17.2 Å².